The van der Waals surface area contributed by atoms with Gasteiger partial charge in [-0.2, -0.15) is 0 Å². The third-order valence-electron chi connectivity index (χ3n) is 1.07. The molecule has 0 aliphatic carbocycles. The summed E-state index contributed by atoms with van der Waals surface area (Å²) in [6.07, 6.45) is 2.75. The van der Waals surface area contributed by atoms with Crippen LogP contribution in [0.5, 0.6) is 0 Å². The Hall–Kier alpha value is -1.56. The van der Waals surface area contributed by atoms with Gasteiger partial charge in [-0.15, -0.1) is 0 Å². The Morgan fingerprint density at radius 3 is 3.10 bits per heavy atom. The summed E-state index contributed by atoms with van der Waals surface area (Å²) in [5, 5.41) is 0. The molecule has 0 spiro atoms. The van der Waals surface area contributed by atoms with Crippen LogP contribution < -0.4 is 0 Å². The molecule has 1 aromatic heterocycles. The summed E-state index contributed by atoms with van der Waals surface area (Å²) in [6, 6.07) is 1.55. The molecule has 0 amide bonds. The molecule has 1 aromatic rings. The summed E-state index contributed by atoms with van der Waals surface area (Å²) in [5.41, 5.74) is 0.469. The zero-order valence-corrected chi connectivity index (χ0v) is 5.20. The molecule has 0 radical (unpaired) electrons. The lowest BCUT2D eigenvalue weighted by Gasteiger charge is -1.81. The first-order chi connectivity index (χ1) is 4.84. The second kappa shape index (κ2) is 2.83. The van der Waals surface area contributed by atoms with Crippen molar-refractivity contribution in [1.29, 1.82) is 0 Å². The number of carbonyl (C=O) groups is 1. The van der Waals surface area contributed by atoms with E-state index in [2.05, 4.69) is 9.26 Å². The van der Waals surface area contributed by atoms with Gasteiger partial charge in [0.1, 0.15) is 6.26 Å². The van der Waals surface area contributed by atoms with Crippen LogP contribution >= 0.6 is 0 Å². The highest BCUT2D eigenvalue weighted by Crippen LogP contribution is 2.00. The molecule has 1 rings (SSSR count). The number of carbonyl (C=O) groups excluding carboxylic acids is 1. The molecule has 10 heavy (non-hydrogen) atoms. The second-order valence-electron chi connectivity index (χ2n) is 1.75. The molecular formula is C7H5NO2. The van der Waals surface area contributed by atoms with Crippen molar-refractivity contribution in [3.63, 3.8) is 0 Å². The van der Waals surface area contributed by atoms with Crippen LogP contribution in [0.3, 0.4) is 0 Å². The van der Waals surface area contributed by atoms with Gasteiger partial charge in [-0.05, 0) is 6.07 Å². The molecule has 0 atom stereocenters. The number of rotatable bonds is 2. The number of nitrogens with zero attached hydrogens (tertiary/aromatic N) is 1. The largest absolute Gasteiger partial charge is 0.472 e. The molecule has 0 N–H and O–H groups in total. The Morgan fingerprint density at radius 2 is 2.60 bits per heavy atom. The van der Waals surface area contributed by atoms with Crippen LogP contribution in [0.1, 0.15) is 10.4 Å². The lowest BCUT2D eigenvalue weighted by molar-refractivity contribution is 0.101. The minimum Gasteiger partial charge on any atom is -0.472 e. The minimum absolute atomic E-state index is 0.0977. The van der Waals surface area contributed by atoms with Crippen molar-refractivity contribution in [2.75, 3.05) is 6.54 Å². The third-order valence-corrected chi connectivity index (χ3v) is 1.07. The number of hydrogen-bond donors (Lipinski definition) is 0. The van der Waals surface area contributed by atoms with Gasteiger partial charge in [0.25, 0.3) is 6.54 Å². The first-order valence-corrected chi connectivity index (χ1v) is 2.73. The van der Waals surface area contributed by atoms with E-state index in [1.54, 1.807) is 6.07 Å². The number of ketones is 1. The SMILES string of the molecule is [C-]#[N+]CC(=O)c1ccoc1. The van der Waals surface area contributed by atoms with Gasteiger partial charge < -0.3 is 9.26 Å². The maximum atomic E-state index is 10.8. The average molecular weight is 135 g/mol. The topological polar surface area (TPSA) is 34.6 Å². The van der Waals surface area contributed by atoms with Crippen LogP contribution in [0.25, 0.3) is 4.85 Å². The number of furan rings is 1. The number of hydrogen-bond acceptors (Lipinski definition) is 2. The molecule has 1 heterocycles. The molecule has 0 saturated carbocycles. The van der Waals surface area contributed by atoms with Gasteiger partial charge in [0.2, 0.25) is 5.78 Å². The fourth-order valence-electron chi connectivity index (χ4n) is 0.586. The van der Waals surface area contributed by atoms with Crippen molar-refractivity contribution in [3.05, 3.63) is 35.6 Å². The van der Waals surface area contributed by atoms with E-state index >= 15 is 0 Å². The highest BCUT2D eigenvalue weighted by Gasteiger charge is 2.07. The first-order valence-electron chi connectivity index (χ1n) is 2.73. The first kappa shape index (κ1) is 6.56. The van der Waals surface area contributed by atoms with Crippen LogP contribution in [0, 0.1) is 6.57 Å². The number of Topliss-reactive ketones (excluding diaryl/α,β-unsaturated/α-hetero) is 1. The van der Waals surface area contributed by atoms with Crippen molar-refractivity contribution < 1.29 is 9.21 Å². The van der Waals surface area contributed by atoms with E-state index in [1.807, 2.05) is 0 Å². The summed E-state index contributed by atoms with van der Waals surface area (Å²) >= 11 is 0. The van der Waals surface area contributed by atoms with Crippen molar-refractivity contribution in [3.8, 4) is 0 Å². The van der Waals surface area contributed by atoms with Gasteiger partial charge in [-0.3, -0.25) is 4.79 Å². The highest BCUT2D eigenvalue weighted by atomic mass is 16.3. The molecule has 0 aliphatic rings. The summed E-state index contributed by atoms with van der Waals surface area (Å²) in [7, 11) is 0. The van der Waals surface area contributed by atoms with E-state index in [1.165, 1.54) is 12.5 Å². The Morgan fingerprint density at radius 1 is 1.80 bits per heavy atom. The van der Waals surface area contributed by atoms with Crippen molar-refractivity contribution in [2.24, 2.45) is 0 Å². The zero-order chi connectivity index (χ0) is 7.40. The van der Waals surface area contributed by atoms with E-state index in [4.69, 9.17) is 6.57 Å². The van der Waals surface area contributed by atoms with E-state index < -0.39 is 0 Å². The minimum atomic E-state index is -0.191. The van der Waals surface area contributed by atoms with Crippen molar-refractivity contribution >= 4 is 5.78 Å². The Bertz CT molecular complexity index is 256. The quantitative estimate of drug-likeness (QED) is 0.453. The second-order valence-corrected chi connectivity index (χ2v) is 1.75. The monoisotopic (exact) mass is 135 g/mol. The van der Waals surface area contributed by atoms with E-state index in [9.17, 15) is 4.79 Å². The van der Waals surface area contributed by atoms with Gasteiger partial charge in [0.05, 0.1) is 11.8 Å². The van der Waals surface area contributed by atoms with Gasteiger partial charge in [-0.25, -0.2) is 6.57 Å². The summed E-state index contributed by atoms with van der Waals surface area (Å²) in [5.74, 6) is -0.191. The maximum Gasteiger partial charge on any atom is 0.276 e. The van der Waals surface area contributed by atoms with Crippen LogP contribution in [0.15, 0.2) is 23.0 Å². The Labute approximate surface area is 58.1 Å². The van der Waals surface area contributed by atoms with Gasteiger partial charge >= 0.3 is 0 Å². The molecule has 0 aliphatic heterocycles. The van der Waals surface area contributed by atoms with E-state index in [-0.39, 0.29) is 12.3 Å². The van der Waals surface area contributed by atoms with E-state index in [0.717, 1.165) is 0 Å². The summed E-state index contributed by atoms with van der Waals surface area (Å²) in [4.78, 5) is 13.8. The van der Waals surface area contributed by atoms with Crippen LogP contribution in [0.2, 0.25) is 0 Å². The molecule has 50 valence electrons. The molecule has 0 aromatic carbocycles. The lowest BCUT2D eigenvalue weighted by Crippen LogP contribution is -1.98. The normalized spacial score (nSPS) is 8.70. The van der Waals surface area contributed by atoms with Crippen molar-refractivity contribution in [1.82, 2.24) is 0 Å². The molecule has 0 fully saturated rings. The fourth-order valence-corrected chi connectivity index (χ4v) is 0.586. The van der Waals surface area contributed by atoms with Gasteiger partial charge in [0.15, 0.2) is 0 Å². The predicted octanol–water partition coefficient (Wildman–Crippen LogP) is 1.38. The predicted molar refractivity (Wildman–Crippen MR) is 34.5 cm³/mol. The Kier molecular flexibility index (Phi) is 1.86. The summed E-state index contributed by atoms with van der Waals surface area (Å²) < 4.78 is 4.66. The van der Waals surface area contributed by atoms with E-state index in [0.29, 0.717) is 5.56 Å². The Balaban J connectivity index is 2.71. The van der Waals surface area contributed by atoms with Crippen LogP contribution in [-0.2, 0) is 0 Å². The summed E-state index contributed by atoms with van der Waals surface area (Å²) in [6.45, 7) is 6.31. The van der Waals surface area contributed by atoms with Crippen LogP contribution in [0.4, 0.5) is 0 Å². The molecule has 3 nitrogen and oxygen atoms in total. The van der Waals surface area contributed by atoms with Crippen LogP contribution in [-0.4, -0.2) is 12.3 Å². The molecule has 0 saturated heterocycles. The van der Waals surface area contributed by atoms with Gasteiger partial charge in [0, 0.05) is 0 Å². The van der Waals surface area contributed by atoms with Gasteiger partial charge in [-0.1, -0.05) is 0 Å². The molecule has 3 heteroatoms. The van der Waals surface area contributed by atoms with Crippen molar-refractivity contribution in [2.45, 2.75) is 0 Å². The molecule has 0 unspecified atom stereocenters. The average Bonchev–Trinajstić information content (AvgIpc) is 2.38. The molecule has 0 bridgehead atoms. The lowest BCUT2D eigenvalue weighted by atomic mass is 10.2. The third kappa shape index (κ3) is 1.23. The highest BCUT2D eigenvalue weighted by molar-refractivity contribution is 5.98. The zero-order valence-electron chi connectivity index (χ0n) is 5.20. The molecular weight excluding hydrogens is 130 g/mol. The maximum absolute atomic E-state index is 10.8. The smallest absolute Gasteiger partial charge is 0.276 e. The fraction of sp³-hybridized carbons (Fsp3) is 0.143. The standard InChI is InChI=1S/C7H5NO2/c1-8-4-7(9)6-2-3-10-5-6/h2-3,5H,4H2.